The highest BCUT2D eigenvalue weighted by Gasteiger charge is 2.65. The van der Waals surface area contributed by atoms with Crippen LogP contribution in [0.25, 0.3) is 0 Å². The molecule has 2 aliphatic carbocycles. The lowest BCUT2D eigenvalue weighted by Gasteiger charge is -2.58. The van der Waals surface area contributed by atoms with E-state index in [-0.39, 0.29) is 11.2 Å². The van der Waals surface area contributed by atoms with Gasteiger partial charge in [0.15, 0.2) is 17.6 Å². The van der Waals surface area contributed by atoms with Crippen molar-refractivity contribution in [1.29, 1.82) is 0 Å². The second-order valence-electron chi connectivity index (χ2n) is 10.1. The first-order valence-electron chi connectivity index (χ1n) is 11.5. The second-order valence-corrected chi connectivity index (χ2v) is 10.1. The molecule has 0 aromatic heterocycles. The van der Waals surface area contributed by atoms with E-state index in [1.54, 1.807) is 6.07 Å². The van der Waals surface area contributed by atoms with Gasteiger partial charge in [0.2, 0.25) is 6.29 Å². The average molecular weight is 463 g/mol. The highest BCUT2D eigenvalue weighted by atomic mass is 16.7. The number of carboxylic acid groups (broad SMARTS) is 1. The first kappa shape index (κ1) is 21.6. The van der Waals surface area contributed by atoms with Gasteiger partial charge < -0.3 is 44.6 Å². The molecule has 2 bridgehead atoms. The molecule has 3 fully saturated rings. The number of nitrogens with zero attached hydrogens (tertiary/aromatic N) is 1. The lowest BCUT2D eigenvalue weighted by molar-refractivity contribution is -0.271. The number of aliphatic hydroxyl groups is 4. The summed E-state index contributed by atoms with van der Waals surface area (Å²) >= 11 is 0. The van der Waals surface area contributed by atoms with Crippen molar-refractivity contribution in [2.45, 2.75) is 80.1 Å². The standard InChI is InChI=1S/C23H29NO9/c1-24-7-6-23-10-3-4-12(25)20(23)32-18-13(5-2-9(14(18)23)8-11(10)24)31-22-17(28)15(26)16(27)19(33-22)21(29)30/h2,5,10-12,15-17,19-20,22,25-28H,3-4,6-8H2,1H3,(H,29,30)/t10-,11?,12+,15-,16-,17+,19-,20-,22?,23?/m0/s1. The molecule has 33 heavy (non-hydrogen) atoms. The normalized spacial score (nSPS) is 45.8. The predicted molar refractivity (Wildman–Crippen MR) is 111 cm³/mol. The van der Waals surface area contributed by atoms with Gasteiger partial charge in [-0.05, 0) is 56.8 Å². The molecule has 0 amide bonds. The monoisotopic (exact) mass is 463 g/mol. The first-order chi connectivity index (χ1) is 15.7. The number of carbonyl (C=O) groups is 1. The van der Waals surface area contributed by atoms with Crippen molar-refractivity contribution < 1.29 is 44.5 Å². The number of likely N-dealkylation sites (N-methyl/N-ethyl adjacent to an activating group) is 1. The Bertz CT molecular complexity index is 987. The summed E-state index contributed by atoms with van der Waals surface area (Å²) in [6.45, 7) is 0.895. The number of likely N-dealkylation sites (tertiary alicyclic amines) is 1. The molecule has 2 saturated heterocycles. The predicted octanol–water partition coefficient (Wildman–Crippen LogP) is -1.01. The largest absolute Gasteiger partial charge is 0.483 e. The van der Waals surface area contributed by atoms with Crippen LogP contribution in [0.4, 0.5) is 0 Å². The maximum Gasteiger partial charge on any atom is 0.335 e. The Morgan fingerprint density at radius 1 is 1.15 bits per heavy atom. The molecule has 1 spiro atoms. The molecular formula is C23H29NO9. The molecule has 0 radical (unpaired) electrons. The minimum Gasteiger partial charge on any atom is -0.483 e. The molecule has 3 aliphatic heterocycles. The summed E-state index contributed by atoms with van der Waals surface area (Å²) in [5.74, 6) is -0.368. The van der Waals surface area contributed by atoms with E-state index in [9.17, 15) is 30.3 Å². The van der Waals surface area contributed by atoms with Gasteiger partial charge in [-0.2, -0.15) is 0 Å². The first-order valence-corrected chi connectivity index (χ1v) is 11.5. The molecule has 5 N–H and O–H groups in total. The lowest BCUT2D eigenvalue weighted by Crippen LogP contribution is -2.66. The highest BCUT2D eigenvalue weighted by Crippen LogP contribution is 2.63. The fourth-order valence-electron chi connectivity index (χ4n) is 7.07. The Balaban J connectivity index is 1.40. The van der Waals surface area contributed by atoms with Gasteiger partial charge in [-0.25, -0.2) is 4.79 Å². The van der Waals surface area contributed by atoms with Crippen molar-refractivity contribution in [2.75, 3.05) is 13.6 Å². The molecule has 3 unspecified atom stereocenters. The molecule has 10 heteroatoms. The fraction of sp³-hybridized carbons (Fsp3) is 0.696. The number of carboxylic acids is 1. The van der Waals surface area contributed by atoms with Crippen molar-refractivity contribution in [3.8, 4) is 11.5 Å². The van der Waals surface area contributed by atoms with Crippen LogP contribution >= 0.6 is 0 Å². The summed E-state index contributed by atoms with van der Waals surface area (Å²) in [5, 5.41) is 50.7. The summed E-state index contributed by atoms with van der Waals surface area (Å²) in [6, 6.07) is 4.03. The van der Waals surface area contributed by atoms with E-state index < -0.39 is 48.9 Å². The van der Waals surface area contributed by atoms with Gasteiger partial charge in [-0.3, -0.25) is 0 Å². The number of benzene rings is 1. The maximum atomic E-state index is 11.5. The third-order valence-electron chi connectivity index (χ3n) is 8.60. The van der Waals surface area contributed by atoms with Gasteiger partial charge in [-0.15, -0.1) is 0 Å². The van der Waals surface area contributed by atoms with Crippen LogP contribution in [0.5, 0.6) is 11.5 Å². The fourth-order valence-corrected chi connectivity index (χ4v) is 7.07. The van der Waals surface area contributed by atoms with Crippen molar-refractivity contribution in [2.24, 2.45) is 5.92 Å². The topological polar surface area (TPSA) is 149 Å². The number of aliphatic hydroxyl groups excluding tert-OH is 4. The zero-order chi connectivity index (χ0) is 23.2. The summed E-state index contributed by atoms with van der Waals surface area (Å²) in [7, 11) is 2.15. The summed E-state index contributed by atoms with van der Waals surface area (Å²) in [6.07, 6.45) is -6.18. The van der Waals surface area contributed by atoms with Crippen LogP contribution in [0.1, 0.15) is 30.4 Å². The van der Waals surface area contributed by atoms with Crippen LogP contribution in [0.3, 0.4) is 0 Å². The molecule has 1 saturated carbocycles. The third-order valence-corrected chi connectivity index (χ3v) is 8.60. The van der Waals surface area contributed by atoms with Crippen LogP contribution in [0, 0.1) is 5.92 Å². The van der Waals surface area contributed by atoms with E-state index in [0.717, 1.165) is 36.9 Å². The van der Waals surface area contributed by atoms with Gasteiger partial charge in [0.25, 0.3) is 0 Å². The Labute approximate surface area is 190 Å². The molecule has 5 aliphatic rings. The molecule has 10 atom stereocenters. The quantitative estimate of drug-likeness (QED) is 0.377. The van der Waals surface area contributed by atoms with Crippen LogP contribution < -0.4 is 9.47 Å². The smallest absolute Gasteiger partial charge is 0.335 e. The molecule has 180 valence electrons. The molecule has 1 aromatic carbocycles. The van der Waals surface area contributed by atoms with Gasteiger partial charge in [0.05, 0.1) is 6.10 Å². The molecule has 3 heterocycles. The van der Waals surface area contributed by atoms with Gasteiger partial charge >= 0.3 is 5.97 Å². The van der Waals surface area contributed by atoms with E-state index in [1.165, 1.54) is 0 Å². The average Bonchev–Trinajstić information content (AvgIpc) is 3.14. The summed E-state index contributed by atoms with van der Waals surface area (Å²) < 4.78 is 17.6. The van der Waals surface area contributed by atoms with Crippen molar-refractivity contribution >= 4 is 5.97 Å². The summed E-state index contributed by atoms with van der Waals surface area (Å²) in [5.41, 5.74) is 1.87. The van der Waals surface area contributed by atoms with Crippen molar-refractivity contribution in [3.05, 3.63) is 23.3 Å². The Kier molecular flexibility index (Phi) is 4.75. The van der Waals surface area contributed by atoms with E-state index in [2.05, 4.69) is 11.9 Å². The van der Waals surface area contributed by atoms with Crippen molar-refractivity contribution in [3.63, 3.8) is 0 Å². The number of aliphatic carboxylic acids is 1. The third kappa shape index (κ3) is 2.79. The number of piperidine rings is 1. The van der Waals surface area contributed by atoms with Crippen LogP contribution in [-0.2, 0) is 21.4 Å². The van der Waals surface area contributed by atoms with Crippen molar-refractivity contribution in [1.82, 2.24) is 4.90 Å². The van der Waals surface area contributed by atoms with E-state index in [4.69, 9.17) is 14.2 Å². The van der Waals surface area contributed by atoms with Gasteiger partial charge in [0.1, 0.15) is 24.4 Å². The van der Waals surface area contributed by atoms with Crippen LogP contribution in [0.2, 0.25) is 0 Å². The Hall–Kier alpha value is -1.95. The molecule has 10 nitrogen and oxygen atoms in total. The highest BCUT2D eigenvalue weighted by molar-refractivity contribution is 5.73. The van der Waals surface area contributed by atoms with E-state index in [0.29, 0.717) is 24.1 Å². The Morgan fingerprint density at radius 3 is 2.70 bits per heavy atom. The second kappa shape index (κ2) is 7.27. The Morgan fingerprint density at radius 2 is 1.94 bits per heavy atom. The zero-order valence-corrected chi connectivity index (χ0v) is 18.2. The van der Waals surface area contributed by atoms with Gasteiger partial charge in [-0.1, -0.05) is 6.07 Å². The summed E-state index contributed by atoms with van der Waals surface area (Å²) in [4.78, 5) is 13.9. The maximum absolute atomic E-state index is 11.5. The van der Waals surface area contributed by atoms with Gasteiger partial charge in [0, 0.05) is 17.0 Å². The van der Waals surface area contributed by atoms with Crippen LogP contribution in [-0.4, -0.2) is 98.9 Å². The van der Waals surface area contributed by atoms with E-state index >= 15 is 0 Å². The molecule has 6 rings (SSSR count). The lowest BCUT2D eigenvalue weighted by atomic mass is 9.51. The molecular weight excluding hydrogens is 434 g/mol. The minimum absolute atomic E-state index is 0.262. The SMILES string of the molecule is CN1CCC23c4c5ccc(OC6O[C@H](C(=O)O)[C@@H](O)[C@H](O)[C@H]6O)c4O[C@H]2[C@H](O)CC[C@H]3C1C5. The number of rotatable bonds is 3. The number of hydrogen-bond donors (Lipinski definition) is 5. The van der Waals surface area contributed by atoms with E-state index in [1.807, 2.05) is 6.07 Å². The minimum atomic E-state index is -1.79. The zero-order valence-electron chi connectivity index (χ0n) is 18.2. The molecule has 1 aromatic rings. The van der Waals surface area contributed by atoms with Crippen LogP contribution in [0.15, 0.2) is 12.1 Å². The number of ether oxygens (including phenoxy) is 3. The number of hydrogen-bond acceptors (Lipinski definition) is 9.